The summed E-state index contributed by atoms with van der Waals surface area (Å²) in [6.07, 6.45) is 3.26. The molecule has 0 bridgehead atoms. The summed E-state index contributed by atoms with van der Waals surface area (Å²) in [5.74, 6) is 1.18. The maximum absolute atomic E-state index is 12.5. The number of amides is 1. The van der Waals surface area contributed by atoms with Gasteiger partial charge in [0.25, 0.3) is 0 Å². The first-order valence-electron chi connectivity index (χ1n) is 8.49. The lowest BCUT2D eigenvalue weighted by Crippen LogP contribution is -2.47. The van der Waals surface area contributed by atoms with E-state index >= 15 is 0 Å². The highest BCUT2D eigenvalue weighted by atomic mass is 16.5. The molecule has 0 aromatic heterocycles. The van der Waals surface area contributed by atoms with Gasteiger partial charge in [-0.25, -0.2) is 0 Å². The van der Waals surface area contributed by atoms with Gasteiger partial charge in [-0.1, -0.05) is 18.2 Å². The second-order valence-corrected chi connectivity index (χ2v) is 6.28. The van der Waals surface area contributed by atoms with Crippen molar-refractivity contribution in [2.75, 3.05) is 46.5 Å². The monoisotopic (exact) mass is 318 g/mol. The van der Waals surface area contributed by atoms with Gasteiger partial charge >= 0.3 is 0 Å². The predicted molar refractivity (Wildman–Crippen MR) is 88.7 cm³/mol. The third kappa shape index (κ3) is 4.03. The van der Waals surface area contributed by atoms with E-state index in [1.165, 1.54) is 5.56 Å². The zero-order valence-corrected chi connectivity index (χ0v) is 13.9. The molecule has 2 aliphatic rings. The summed E-state index contributed by atoms with van der Waals surface area (Å²) < 4.78 is 10.8. The highest BCUT2D eigenvalue weighted by molar-refractivity contribution is 5.78. The Morgan fingerprint density at radius 1 is 1.26 bits per heavy atom. The molecule has 2 aliphatic heterocycles. The number of ether oxygens (including phenoxy) is 2. The van der Waals surface area contributed by atoms with Crippen LogP contribution in [0.5, 0.6) is 5.75 Å². The molecular weight excluding hydrogens is 292 g/mol. The van der Waals surface area contributed by atoms with Gasteiger partial charge in [0.15, 0.2) is 0 Å². The number of likely N-dealkylation sites (tertiary alicyclic amines) is 1. The lowest BCUT2D eigenvalue weighted by molar-refractivity contribution is -0.136. The molecule has 3 rings (SSSR count). The van der Waals surface area contributed by atoms with E-state index in [2.05, 4.69) is 17.0 Å². The molecule has 1 amide bonds. The van der Waals surface area contributed by atoms with Crippen molar-refractivity contribution >= 4 is 5.91 Å². The molecule has 1 aromatic rings. The van der Waals surface area contributed by atoms with Gasteiger partial charge in [0.2, 0.25) is 5.91 Å². The summed E-state index contributed by atoms with van der Waals surface area (Å²) in [4.78, 5) is 16.7. The summed E-state index contributed by atoms with van der Waals surface area (Å²) in [5.41, 5.74) is 1.23. The predicted octanol–water partition coefficient (Wildman–Crippen LogP) is 1.56. The quantitative estimate of drug-likeness (QED) is 0.826. The summed E-state index contributed by atoms with van der Waals surface area (Å²) in [6, 6.07) is 8.61. The zero-order chi connectivity index (χ0) is 16.1. The Balaban J connectivity index is 1.60. The van der Waals surface area contributed by atoms with Crippen molar-refractivity contribution in [3.05, 3.63) is 29.8 Å². The van der Waals surface area contributed by atoms with Crippen LogP contribution in [-0.2, 0) is 16.0 Å². The van der Waals surface area contributed by atoms with Crippen molar-refractivity contribution in [2.45, 2.75) is 25.3 Å². The molecule has 1 atom stereocenters. The molecule has 0 N–H and O–H groups in total. The fourth-order valence-electron chi connectivity index (χ4n) is 3.55. The number of methoxy groups -OCH3 is 1. The van der Waals surface area contributed by atoms with Crippen LogP contribution in [0.4, 0.5) is 0 Å². The first-order valence-corrected chi connectivity index (χ1v) is 8.49. The van der Waals surface area contributed by atoms with Crippen LogP contribution in [-0.4, -0.2) is 68.3 Å². The Morgan fingerprint density at radius 2 is 2.04 bits per heavy atom. The maximum atomic E-state index is 12.5. The number of carbonyl (C=O) groups excluding carboxylic acids is 1. The molecular formula is C18H26N2O3. The highest BCUT2D eigenvalue weighted by Gasteiger charge is 2.29. The van der Waals surface area contributed by atoms with Gasteiger partial charge in [0, 0.05) is 19.1 Å². The van der Waals surface area contributed by atoms with Crippen LogP contribution < -0.4 is 4.74 Å². The van der Waals surface area contributed by atoms with Crippen LogP contribution in [0.3, 0.4) is 0 Å². The molecule has 5 heteroatoms. The van der Waals surface area contributed by atoms with Crippen LogP contribution >= 0.6 is 0 Å². The van der Waals surface area contributed by atoms with Crippen molar-refractivity contribution in [2.24, 2.45) is 0 Å². The van der Waals surface area contributed by atoms with Crippen molar-refractivity contribution in [1.29, 1.82) is 0 Å². The minimum Gasteiger partial charge on any atom is -0.496 e. The van der Waals surface area contributed by atoms with E-state index in [1.54, 1.807) is 7.11 Å². The lowest BCUT2D eigenvalue weighted by Gasteiger charge is -2.31. The smallest absolute Gasteiger partial charge is 0.236 e. The third-order valence-corrected chi connectivity index (χ3v) is 4.85. The van der Waals surface area contributed by atoms with Crippen LogP contribution in [0.25, 0.3) is 0 Å². The summed E-state index contributed by atoms with van der Waals surface area (Å²) in [5, 5.41) is 0. The van der Waals surface area contributed by atoms with E-state index in [-0.39, 0.29) is 5.91 Å². The van der Waals surface area contributed by atoms with E-state index < -0.39 is 0 Å². The molecule has 2 heterocycles. The molecule has 23 heavy (non-hydrogen) atoms. The van der Waals surface area contributed by atoms with Crippen LogP contribution in [0.2, 0.25) is 0 Å². The van der Waals surface area contributed by atoms with Crippen LogP contribution in [0.1, 0.15) is 18.4 Å². The highest BCUT2D eigenvalue weighted by Crippen LogP contribution is 2.26. The number of nitrogens with zero attached hydrogens (tertiary/aromatic N) is 2. The SMILES string of the molecule is COc1ccccc1C[C@@H]1CCCN1CC(=O)N1CCOCC1. The molecule has 0 aliphatic carbocycles. The molecule has 1 aromatic carbocycles. The van der Waals surface area contributed by atoms with Gasteiger partial charge in [-0.05, 0) is 37.4 Å². The second kappa shape index (κ2) is 7.79. The van der Waals surface area contributed by atoms with Crippen LogP contribution in [0.15, 0.2) is 24.3 Å². The zero-order valence-electron chi connectivity index (χ0n) is 13.9. The third-order valence-electron chi connectivity index (χ3n) is 4.85. The largest absolute Gasteiger partial charge is 0.496 e. The van der Waals surface area contributed by atoms with Crippen LogP contribution in [0, 0.1) is 0 Å². The molecule has 2 fully saturated rings. The van der Waals surface area contributed by atoms with Gasteiger partial charge in [-0.15, -0.1) is 0 Å². The average Bonchev–Trinajstić information content (AvgIpc) is 3.03. The number of hydrogen-bond acceptors (Lipinski definition) is 4. The molecule has 126 valence electrons. The van der Waals surface area contributed by atoms with E-state index in [0.29, 0.717) is 25.8 Å². The topological polar surface area (TPSA) is 42.0 Å². The fraction of sp³-hybridized carbons (Fsp3) is 0.611. The maximum Gasteiger partial charge on any atom is 0.236 e. The first kappa shape index (κ1) is 16.3. The molecule has 0 saturated carbocycles. The van der Waals surface area contributed by atoms with Gasteiger partial charge < -0.3 is 14.4 Å². The molecule has 0 spiro atoms. The summed E-state index contributed by atoms with van der Waals surface area (Å²) in [6.45, 7) is 4.32. The second-order valence-electron chi connectivity index (χ2n) is 6.28. The number of morpholine rings is 1. The van der Waals surface area contributed by atoms with E-state index in [4.69, 9.17) is 9.47 Å². The minimum atomic E-state index is 0.236. The van der Waals surface area contributed by atoms with E-state index in [9.17, 15) is 4.79 Å². The molecule has 0 radical (unpaired) electrons. The van der Waals surface area contributed by atoms with Gasteiger partial charge in [-0.2, -0.15) is 0 Å². The Labute approximate surface area is 138 Å². The van der Waals surface area contributed by atoms with E-state index in [0.717, 1.165) is 44.6 Å². The number of carbonyl (C=O) groups is 1. The molecule has 0 unspecified atom stereocenters. The Morgan fingerprint density at radius 3 is 2.83 bits per heavy atom. The van der Waals surface area contributed by atoms with Gasteiger partial charge in [-0.3, -0.25) is 9.69 Å². The molecule has 2 saturated heterocycles. The van der Waals surface area contributed by atoms with Gasteiger partial charge in [0.1, 0.15) is 5.75 Å². The van der Waals surface area contributed by atoms with Crippen molar-refractivity contribution in [1.82, 2.24) is 9.80 Å². The van der Waals surface area contributed by atoms with Crippen molar-refractivity contribution in [3.63, 3.8) is 0 Å². The normalized spacial score (nSPS) is 22.3. The summed E-state index contributed by atoms with van der Waals surface area (Å²) in [7, 11) is 1.72. The lowest BCUT2D eigenvalue weighted by atomic mass is 10.0. The number of rotatable bonds is 5. The summed E-state index contributed by atoms with van der Waals surface area (Å²) >= 11 is 0. The Bertz CT molecular complexity index is 529. The van der Waals surface area contributed by atoms with Gasteiger partial charge in [0.05, 0.1) is 26.9 Å². The van der Waals surface area contributed by atoms with E-state index in [1.807, 2.05) is 17.0 Å². The number of hydrogen-bond donors (Lipinski definition) is 0. The molecule has 5 nitrogen and oxygen atoms in total. The first-order chi connectivity index (χ1) is 11.3. The Kier molecular flexibility index (Phi) is 5.51. The number of benzene rings is 1. The van der Waals surface area contributed by atoms with Crippen molar-refractivity contribution in [3.8, 4) is 5.75 Å². The average molecular weight is 318 g/mol. The standard InChI is InChI=1S/C18H26N2O3/c1-22-17-7-3-2-5-15(17)13-16-6-4-8-20(16)14-18(21)19-9-11-23-12-10-19/h2-3,5,7,16H,4,6,8-14H2,1H3/t16-/m0/s1. The Hall–Kier alpha value is -1.59. The fourth-order valence-corrected chi connectivity index (χ4v) is 3.55. The number of para-hydroxylation sites is 1. The minimum absolute atomic E-state index is 0.236. The van der Waals surface area contributed by atoms with Crippen molar-refractivity contribution < 1.29 is 14.3 Å².